The molecule has 0 fully saturated rings. The molecule has 0 saturated heterocycles. The van der Waals surface area contributed by atoms with Crippen LogP contribution >= 0.6 is 15.9 Å². The summed E-state index contributed by atoms with van der Waals surface area (Å²) < 4.78 is 1.97. The van der Waals surface area contributed by atoms with Crippen LogP contribution in [0.1, 0.15) is 39.4 Å². The Balaban J connectivity index is 2.31. The van der Waals surface area contributed by atoms with Crippen LogP contribution in [0.15, 0.2) is 6.33 Å². The molecule has 15 heavy (non-hydrogen) atoms. The molecule has 0 N–H and O–H groups in total. The van der Waals surface area contributed by atoms with Gasteiger partial charge < -0.3 is 0 Å². The number of nitrogens with zero attached hydrogens (tertiary/aromatic N) is 3. The van der Waals surface area contributed by atoms with Gasteiger partial charge in [0.1, 0.15) is 12.2 Å². The molecule has 1 atom stereocenters. The van der Waals surface area contributed by atoms with Gasteiger partial charge in [-0.05, 0) is 25.7 Å². The van der Waals surface area contributed by atoms with E-state index in [4.69, 9.17) is 0 Å². The Labute approximate surface area is 100 Å². The summed E-state index contributed by atoms with van der Waals surface area (Å²) in [7, 11) is 0. The van der Waals surface area contributed by atoms with Crippen LogP contribution in [0.2, 0.25) is 0 Å². The van der Waals surface area contributed by atoms with Crippen molar-refractivity contribution in [3.05, 3.63) is 12.2 Å². The fourth-order valence-corrected chi connectivity index (χ4v) is 1.86. The maximum Gasteiger partial charge on any atom is 0.138 e. The van der Waals surface area contributed by atoms with E-state index in [2.05, 4.69) is 46.8 Å². The molecule has 1 aromatic rings. The van der Waals surface area contributed by atoms with Crippen LogP contribution in [-0.4, -0.2) is 19.6 Å². The molecule has 0 radical (unpaired) electrons. The number of hydrogen-bond donors (Lipinski definition) is 0. The molecule has 1 aromatic heterocycles. The van der Waals surface area contributed by atoms with Crippen LogP contribution < -0.4 is 0 Å². The van der Waals surface area contributed by atoms with Crippen molar-refractivity contribution in [2.75, 3.05) is 0 Å². The normalized spacial score (nSPS) is 13.4. The first kappa shape index (κ1) is 12.7. The summed E-state index contributed by atoms with van der Waals surface area (Å²) in [5.41, 5.74) is 0. The van der Waals surface area contributed by atoms with Crippen molar-refractivity contribution in [3.63, 3.8) is 0 Å². The number of rotatable bonds is 6. The van der Waals surface area contributed by atoms with Gasteiger partial charge in [0.05, 0.1) is 0 Å². The van der Waals surface area contributed by atoms with E-state index in [1.165, 1.54) is 12.8 Å². The Morgan fingerprint density at radius 3 is 2.80 bits per heavy atom. The van der Waals surface area contributed by atoms with Gasteiger partial charge in [-0.15, -0.1) is 0 Å². The molecule has 0 aromatic carbocycles. The van der Waals surface area contributed by atoms with Crippen LogP contribution in [0.4, 0.5) is 0 Å². The second kappa shape index (κ2) is 6.26. The van der Waals surface area contributed by atoms with Crippen molar-refractivity contribution in [1.82, 2.24) is 14.8 Å². The highest BCUT2D eigenvalue weighted by atomic mass is 79.9. The van der Waals surface area contributed by atoms with E-state index < -0.39 is 0 Å². The third kappa shape index (κ3) is 3.93. The van der Waals surface area contributed by atoms with Crippen molar-refractivity contribution in [2.45, 2.75) is 51.4 Å². The summed E-state index contributed by atoms with van der Waals surface area (Å²) in [6.07, 6.45) is 5.05. The van der Waals surface area contributed by atoms with E-state index in [0.717, 1.165) is 18.8 Å². The van der Waals surface area contributed by atoms with Gasteiger partial charge in [-0.25, -0.2) is 4.98 Å². The van der Waals surface area contributed by atoms with E-state index in [1.807, 2.05) is 4.68 Å². The minimum absolute atomic E-state index is 0.621. The van der Waals surface area contributed by atoms with Crippen LogP contribution in [0.5, 0.6) is 0 Å². The highest BCUT2D eigenvalue weighted by Gasteiger charge is 2.09. The standard InChI is InChI=1S/C11H20BrN3/c1-4-15-11(13-8-14-15)7-5-6-10(12)9(2)3/h8-10H,4-7H2,1-3H3. The van der Waals surface area contributed by atoms with Gasteiger partial charge in [0.25, 0.3) is 0 Å². The predicted octanol–water partition coefficient (Wildman–Crippen LogP) is 3.04. The lowest BCUT2D eigenvalue weighted by atomic mass is 10.1. The number of halogens is 1. The zero-order valence-electron chi connectivity index (χ0n) is 9.78. The smallest absolute Gasteiger partial charge is 0.138 e. The van der Waals surface area contributed by atoms with Crippen molar-refractivity contribution in [1.29, 1.82) is 0 Å². The molecule has 0 bridgehead atoms. The molecule has 0 amide bonds. The summed E-state index contributed by atoms with van der Waals surface area (Å²) in [6.45, 7) is 7.50. The van der Waals surface area contributed by atoms with Gasteiger partial charge >= 0.3 is 0 Å². The quantitative estimate of drug-likeness (QED) is 0.746. The summed E-state index contributed by atoms with van der Waals surface area (Å²) in [5.74, 6) is 1.81. The largest absolute Gasteiger partial charge is 0.250 e. The van der Waals surface area contributed by atoms with Crippen LogP contribution in [0.3, 0.4) is 0 Å². The minimum Gasteiger partial charge on any atom is -0.250 e. The lowest BCUT2D eigenvalue weighted by Crippen LogP contribution is -2.09. The first-order valence-corrected chi connectivity index (χ1v) is 6.57. The highest BCUT2D eigenvalue weighted by molar-refractivity contribution is 9.09. The average Bonchev–Trinajstić information content (AvgIpc) is 2.65. The first-order chi connectivity index (χ1) is 7.15. The third-order valence-electron chi connectivity index (χ3n) is 2.60. The number of alkyl halides is 1. The van der Waals surface area contributed by atoms with E-state index >= 15 is 0 Å². The fourth-order valence-electron chi connectivity index (χ4n) is 1.53. The zero-order valence-corrected chi connectivity index (χ0v) is 11.4. The molecule has 1 heterocycles. The Morgan fingerprint density at radius 2 is 2.20 bits per heavy atom. The van der Waals surface area contributed by atoms with Crippen molar-refractivity contribution in [2.24, 2.45) is 5.92 Å². The van der Waals surface area contributed by atoms with Crippen LogP contribution in [0, 0.1) is 5.92 Å². The van der Waals surface area contributed by atoms with Crippen LogP contribution in [-0.2, 0) is 13.0 Å². The monoisotopic (exact) mass is 273 g/mol. The molecule has 0 aliphatic heterocycles. The molecular formula is C11H20BrN3. The Morgan fingerprint density at radius 1 is 1.47 bits per heavy atom. The fraction of sp³-hybridized carbons (Fsp3) is 0.818. The lowest BCUT2D eigenvalue weighted by molar-refractivity contribution is 0.542. The Kier molecular flexibility index (Phi) is 5.29. The predicted molar refractivity (Wildman–Crippen MR) is 66.2 cm³/mol. The molecule has 3 nitrogen and oxygen atoms in total. The SMILES string of the molecule is CCn1ncnc1CCCC(Br)C(C)C. The highest BCUT2D eigenvalue weighted by Crippen LogP contribution is 2.18. The number of aryl methyl sites for hydroxylation is 2. The number of hydrogen-bond acceptors (Lipinski definition) is 2. The molecule has 1 unspecified atom stereocenters. The summed E-state index contributed by atoms with van der Waals surface area (Å²) in [5, 5.41) is 4.16. The average molecular weight is 274 g/mol. The third-order valence-corrected chi connectivity index (χ3v) is 4.11. The van der Waals surface area contributed by atoms with Gasteiger partial charge in [0, 0.05) is 17.8 Å². The van der Waals surface area contributed by atoms with E-state index in [1.54, 1.807) is 6.33 Å². The zero-order chi connectivity index (χ0) is 11.3. The first-order valence-electron chi connectivity index (χ1n) is 5.65. The molecule has 4 heteroatoms. The van der Waals surface area contributed by atoms with Gasteiger partial charge in [0.2, 0.25) is 0 Å². The molecule has 0 aliphatic rings. The van der Waals surface area contributed by atoms with E-state index in [9.17, 15) is 0 Å². The van der Waals surface area contributed by atoms with Gasteiger partial charge in [-0.3, -0.25) is 4.68 Å². The maximum absolute atomic E-state index is 4.27. The van der Waals surface area contributed by atoms with Gasteiger partial charge in [-0.2, -0.15) is 5.10 Å². The molecule has 1 rings (SSSR count). The Hall–Kier alpha value is -0.380. The number of aromatic nitrogens is 3. The van der Waals surface area contributed by atoms with E-state index in [-0.39, 0.29) is 0 Å². The van der Waals surface area contributed by atoms with E-state index in [0.29, 0.717) is 10.7 Å². The van der Waals surface area contributed by atoms with Crippen LogP contribution in [0.25, 0.3) is 0 Å². The van der Waals surface area contributed by atoms with Crippen molar-refractivity contribution in [3.8, 4) is 0 Å². The second-order valence-electron chi connectivity index (χ2n) is 4.14. The Bertz CT molecular complexity index is 283. The van der Waals surface area contributed by atoms with Crippen molar-refractivity contribution < 1.29 is 0 Å². The summed E-state index contributed by atoms with van der Waals surface area (Å²) >= 11 is 3.70. The van der Waals surface area contributed by atoms with Crippen molar-refractivity contribution >= 4 is 15.9 Å². The molecule has 86 valence electrons. The molecular weight excluding hydrogens is 254 g/mol. The van der Waals surface area contributed by atoms with Gasteiger partial charge in [-0.1, -0.05) is 29.8 Å². The minimum atomic E-state index is 0.621. The molecule has 0 saturated carbocycles. The molecule has 0 spiro atoms. The maximum atomic E-state index is 4.27. The summed E-state index contributed by atoms with van der Waals surface area (Å²) in [6, 6.07) is 0. The lowest BCUT2D eigenvalue weighted by Gasteiger charge is -2.12. The topological polar surface area (TPSA) is 30.7 Å². The summed E-state index contributed by atoms with van der Waals surface area (Å²) in [4.78, 5) is 4.89. The molecule has 0 aliphatic carbocycles. The van der Waals surface area contributed by atoms with Gasteiger partial charge in [0.15, 0.2) is 0 Å². The second-order valence-corrected chi connectivity index (χ2v) is 5.32.